The number of carbonyl (C=O) groups is 3. The van der Waals surface area contributed by atoms with E-state index in [9.17, 15) is 19.6 Å². The van der Waals surface area contributed by atoms with Gasteiger partial charge in [0.2, 0.25) is 0 Å². The van der Waals surface area contributed by atoms with E-state index in [2.05, 4.69) is 6.07 Å². The van der Waals surface area contributed by atoms with Crippen molar-refractivity contribution in [3.63, 3.8) is 0 Å². The molecule has 0 fully saturated rings. The number of hydrogen-bond donors (Lipinski definition) is 0. The second kappa shape index (κ2) is 8.88. The molecule has 0 atom stereocenters. The standard InChI is InChI=1S/C25H15ClN2O4/c26-19-9-7-17(8-10-19)18(14-27)13-16-5-11-20(12-6-16)32-23(29)15-28-24(30)21-3-1-2-4-22(21)25(28)31/h1-13H,15H2/b18-13-. The Morgan fingerprint density at radius 2 is 1.53 bits per heavy atom. The summed E-state index contributed by atoms with van der Waals surface area (Å²) in [6, 6.07) is 22.0. The lowest BCUT2D eigenvalue weighted by atomic mass is 10.0. The quantitative estimate of drug-likeness (QED) is 0.189. The lowest BCUT2D eigenvalue weighted by Crippen LogP contribution is -2.36. The maximum absolute atomic E-state index is 12.4. The summed E-state index contributed by atoms with van der Waals surface area (Å²) in [5.41, 5.74) is 2.47. The summed E-state index contributed by atoms with van der Waals surface area (Å²) in [5, 5.41) is 10.0. The van der Waals surface area contributed by atoms with Gasteiger partial charge in [0.25, 0.3) is 11.8 Å². The van der Waals surface area contributed by atoms with Crippen molar-refractivity contribution in [2.45, 2.75) is 0 Å². The van der Waals surface area contributed by atoms with Crippen LogP contribution in [0, 0.1) is 11.3 Å². The number of amides is 2. The van der Waals surface area contributed by atoms with Gasteiger partial charge in [-0.05, 0) is 53.6 Å². The molecule has 0 N–H and O–H groups in total. The number of allylic oxidation sites excluding steroid dienone is 1. The van der Waals surface area contributed by atoms with Crippen molar-refractivity contribution in [1.82, 2.24) is 4.90 Å². The number of benzene rings is 3. The van der Waals surface area contributed by atoms with E-state index in [1.54, 1.807) is 78.9 Å². The number of nitriles is 1. The predicted molar refractivity (Wildman–Crippen MR) is 119 cm³/mol. The van der Waals surface area contributed by atoms with E-state index in [0.29, 0.717) is 10.6 Å². The molecule has 0 spiro atoms. The number of carbonyl (C=O) groups excluding carboxylic acids is 3. The Hall–Kier alpha value is -4.21. The fraction of sp³-hybridized carbons (Fsp3) is 0.0400. The average molecular weight is 443 g/mol. The molecule has 0 aliphatic carbocycles. The molecule has 3 aromatic rings. The molecule has 0 saturated heterocycles. The Kier molecular flexibility index (Phi) is 5.84. The zero-order chi connectivity index (χ0) is 22.7. The predicted octanol–water partition coefficient (Wildman–Crippen LogP) is 4.61. The topological polar surface area (TPSA) is 87.5 Å². The number of imide groups is 1. The van der Waals surface area contributed by atoms with Crippen molar-refractivity contribution in [3.05, 3.63) is 100 Å². The molecule has 1 heterocycles. The van der Waals surface area contributed by atoms with Gasteiger partial charge in [-0.1, -0.05) is 48.0 Å². The highest BCUT2D eigenvalue weighted by molar-refractivity contribution is 6.30. The Morgan fingerprint density at radius 3 is 2.09 bits per heavy atom. The molecular weight excluding hydrogens is 428 g/mol. The first-order valence-electron chi connectivity index (χ1n) is 9.60. The highest BCUT2D eigenvalue weighted by Gasteiger charge is 2.36. The summed E-state index contributed by atoms with van der Waals surface area (Å²) in [7, 11) is 0. The molecule has 7 heteroatoms. The van der Waals surface area contributed by atoms with E-state index in [1.807, 2.05) is 0 Å². The molecular formula is C25H15ClN2O4. The Morgan fingerprint density at radius 1 is 0.938 bits per heavy atom. The molecule has 2 amide bonds. The van der Waals surface area contributed by atoms with Crippen molar-refractivity contribution in [1.29, 1.82) is 5.26 Å². The summed E-state index contributed by atoms with van der Waals surface area (Å²) >= 11 is 5.89. The van der Waals surface area contributed by atoms with Crippen molar-refractivity contribution >= 4 is 41.0 Å². The van der Waals surface area contributed by atoms with Crippen LogP contribution in [-0.2, 0) is 4.79 Å². The van der Waals surface area contributed by atoms with Gasteiger partial charge in [-0.25, -0.2) is 4.79 Å². The largest absolute Gasteiger partial charge is 0.425 e. The number of esters is 1. The van der Waals surface area contributed by atoms with Crippen LogP contribution in [0.1, 0.15) is 31.8 Å². The zero-order valence-electron chi connectivity index (χ0n) is 16.6. The lowest BCUT2D eigenvalue weighted by Gasteiger charge is -2.13. The minimum Gasteiger partial charge on any atom is -0.425 e. The van der Waals surface area contributed by atoms with Crippen molar-refractivity contribution in [2.75, 3.05) is 6.54 Å². The van der Waals surface area contributed by atoms with Gasteiger partial charge < -0.3 is 4.74 Å². The van der Waals surface area contributed by atoms with Crippen LogP contribution in [0.2, 0.25) is 5.02 Å². The van der Waals surface area contributed by atoms with Crippen LogP contribution in [0.25, 0.3) is 11.6 Å². The molecule has 0 aromatic heterocycles. The first kappa shape index (κ1) is 21.0. The maximum Gasteiger partial charge on any atom is 0.331 e. The van der Waals surface area contributed by atoms with Gasteiger partial charge in [0.15, 0.2) is 0 Å². The van der Waals surface area contributed by atoms with Crippen molar-refractivity contribution in [3.8, 4) is 11.8 Å². The summed E-state index contributed by atoms with van der Waals surface area (Å²) in [6.07, 6.45) is 1.70. The molecule has 0 radical (unpaired) electrons. The van der Waals surface area contributed by atoms with Gasteiger partial charge in [0, 0.05) is 5.02 Å². The second-order valence-corrected chi connectivity index (χ2v) is 7.40. The molecule has 0 saturated carbocycles. The van der Waals surface area contributed by atoms with E-state index >= 15 is 0 Å². The summed E-state index contributed by atoms with van der Waals surface area (Å²) in [6.45, 7) is -0.483. The molecule has 3 aromatic carbocycles. The molecule has 32 heavy (non-hydrogen) atoms. The summed E-state index contributed by atoms with van der Waals surface area (Å²) < 4.78 is 5.27. The van der Waals surface area contributed by atoms with Gasteiger partial charge in [-0.2, -0.15) is 5.26 Å². The van der Waals surface area contributed by atoms with E-state index in [-0.39, 0.29) is 16.9 Å². The van der Waals surface area contributed by atoms with E-state index in [0.717, 1.165) is 16.0 Å². The summed E-state index contributed by atoms with van der Waals surface area (Å²) in [4.78, 5) is 37.9. The number of ether oxygens (including phenoxy) is 1. The second-order valence-electron chi connectivity index (χ2n) is 6.96. The van der Waals surface area contributed by atoms with Crippen LogP contribution in [0.3, 0.4) is 0 Å². The Labute approximate surface area is 188 Å². The molecule has 156 valence electrons. The number of nitrogens with zero attached hydrogens (tertiary/aromatic N) is 2. The van der Waals surface area contributed by atoms with Crippen LogP contribution in [0.4, 0.5) is 0 Å². The van der Waals surface area contributed by atoms with Crippen LogP contribution < -0.4 is 4.74 Å². The van der Waals surface area contributed by atoms with Crippen LogP contribution in [-0.4, -0.2) is 29.2 Å². The molecule has 4 rings (SSSR count). The summed E-state index contributed by atoms with van der Waals surface area (Å²) in [5.74, 6) is -1.51. The highest BCUT2D eigenvalue weighted by Crippen LogP contribution is 2.23. The third-order valence-corrected chi connectivity index (χ3v) is 5.12. The molecule has 0 unspecified atom stereocenters. The Bertz CT molecular complexity index is 1250. The highest BCUT2D eigenvalue weighted by atomic mass is 35.5. The van der Waals surface area contributed by atoms with Crippen LogP contribution >= 0.6 is 11.6 Å². The van der Waals surface area contributed by atoms with Gasteiger partial charge >= 0.3 is 5.97 Å². The molecule has 1 aliphatic rings. The van der Waals surface area contributed by atoms with Crippen molar-refractivity contribution < 1.29 is 19.1 Å². The van der Waals surface area contributed by atoms with E-state index < -0.39 is 24.3 Å². The SMILES string of the molecule is N#C/C(=C/c1ccc(OC(=O)CN2C(=O)c3ccccc3C2=O)cc1)c1ccc(Cl)cc1. The molecule has 1 aliphatic heterocycles. The lowest BCUT2D eigenvalue weighted by molar-refractivity contribution is -0.134. The number of rotatable bonds is 5. The van der Waals surface area contributed by atoms with Crippen LogP contribution in [0.15, 0.2) is 72.8 Å². The fourth-order valence-electron chi connectivity index (χ4n) is 3.28. The van der Waals surface area contributed by atoms with Gasteiger partial charge in [-0.3, -0.25) is 14.5 Å². The fourth-order valence-corrected chi connectivity index (χ4v) is 3.41. The molecule has 0 bridgehead atoms. The van der Waals surface area contributed by atoms with Crippen molar-refractivity contribution in [2.24, 2.45) is 0 Å². The van der Waals surface area contributed by atoms with Gasteiger partial charge in [0.1, 0.15) is 12.3 Å². The minimum atomic E-state index is -0.735. The number of halogens is 1. The number of fused-ring (bicyclic) bond motifs is 1. The average Bonchev–Trinajstić information content (AvgIpc) is 3.04. The smallest absolute Gasteiger partial charge is 0.331 e. The van der Waals surface area contributed by atoms with E-state index in [1.165, 1.54) is 0 Å². The number of hydrogen-bond acceptors (Lipinski definition) is 5. The third kappa shape index (κ3) is 4.29. The Balaban J connectivity index is 1.42. The molecule has 6 nitrogen and oxygen atoms in total. The monoisotopic (exact) mass is 442 g/mol. The minimum absolute atomic E-state index is 0.258. The van der Waals surface area contributed by atoms with E-state index in [4.69, 9.17) is 16.3 Å². The normalized spacial score (nSPS) is 13.0. The zero-order valence-corrected chi connectivity index (χ0v) is 17.4. The first-order valence-corrected chi connectivity index (χ1v) is 9.98. The van der Waals surface area contributed by atoms with Gasteiger partial charge in [-0.15, -0.1) is 0 Å². The van der Waals surface area contributed by atoms with Gasteiger partial charge in [0.05, 0.1) is 22.8 Å². The first-order chi connectivity index (χ1) is 15.5. The third-order valence-electron chi connectivity index (χ3n) is 4.86. The van der Waals surface area contributed by atoms with Crippen LogP contribution in [0.5, 0.6) is 5.75 Å². The maximum atomic E-state index is 12.4.